The second-order valence-corrected chi connectivity index (χ2v) is 13.8. The van der Waals surface area contributed by atoms with Gasteiger partial charge in [-0.15, -0.1) is 0 Å². The molecule has 8 heteroatoms. The molecule has 182 valence electrons. The second-order valence-electron chi connectivity index (χ2n) is 10.5. The van der Waals surface area contributed by atoms with Crippen molar-refractivity contribution in [1.82, 2.24) is 0 Å². The lowest BCUT2D eigenvalue weighted by Crippen LogP contribution is -2.18. The van der Waals surface area contributed by atoms with Gasteiger partial charge in [0, 0.05) is 5.56 Å². The first-order chi connectivity index (χ1) is 15.5. The first-order valence-corrected chi connectivity index (χ1v) is 14.1. The molecule has 3 aromatic carbocycles. The molecular weight excluding hydrogens is 470 g/mol. The van der Waals surface area contributed by atoms with Gasteiger partial charge in [-0.1, -0.05) is 77.9 Å². The topological polar surface area (TPSA) is 104 Å². The summed E-state index contributed by atoms with van der Waals surface area (Å²) in [5.74, 6) is 0.378. The van der Waals surface area contributed by atoms with Crippen LogP contribution in [0.2, 0.25) is 0 Å². The Hall–Kier alpha value is -2.20. The van der Waals surface area contributed by atoms with Crippen molar-refractivity contribution in [2.45, 2.75) is 52.4 Å². The average Bonchev–Trinajstić information content (AvgIpc) is 2.72. The number of benzene rings is 3. The summed E-state index contributed by atoms with van der Waals surface area (Å²) >= 11 is 0. The van der Waals surface area contributed by atoms with Crippen molar-refractivity contribution in [1.29, 1.82) is 0 Å². The Morgan fingerprint density at radius 3 is 1.53 bits per heavy atom. The average molecular weight is 502 g/mol. The van der Waals surface area contributed by atoms with Crippen molar-refractivity contribution in [3.05, 3.63) is 77.9 Å². The van der Waals surface area contributed by atoms with E-state index in [0.717, 1.165) is 22.3 Å². The first-order valence-electron chi connectivity index (χ1n) is 10.9. The molecular formula is C26H32O6P2. The minimum atomic E-state index is -4.31. The lowest BCUT2D eigenvalue weighted by atomic mass is 9.80. The minimum Gasteiger partial charge on any atom is -0.421 e. The van der Waals surface area contributed by atoms with E-state index >= 15 is 0 Å². The second kappa shape index (κ2) is 9.11. The molecule has 1 atom stereocenters. The van der Waals surface area contributed by atoms with Gasteiger partial charge in [-0.3, -0.25) is 4.57 Å². The predicted octanol–water partition coefficient (Wildman–Crippen LogP) is 5.64. The highest BCUT2D eigenvalue weighted by molar-refractivity contribution is 7.61. The third-order valence-corrected chi connectivity index (χ3v) is 7.97. The SMILES string of the molecule is CC(C)(C)c1ccc(OP(=O)(O)c2ccc(-c3ccc(P(=O)(O)O)cc3)cc2)c(C(C)(C)C)c1. The molecule has 0 radical (unpaired) electrons. The van der Waals surface area contributed by atoms with Crippen LogP contribution >= 0.6 is 15.2 Å². The van der Waals surface area contributed by atoms with Gasteiger partial charge in [0.15, 0.2) is 0 Å². The maximum Gasteiger partial charge on any atom is 0.408 e. The molecule has 0 saturated heterocycles. The maximum absolute atomic E-state index is 13.2. The van der Waals surface area contributed by atoms with E-state index in [4.69, 9.17) is 4.52 Å². The van der Waals surface area contributed by atoms with Crippen molar-refractivity contribution >= 4 is 25.8 Å². The zero-order valence-electron chi connectivity index (χ0n) is 20.3. The Labute approximate surface area is 201 Å². The Kier molecular flexibility index (Phi) is 7.07. The molecule has 0 saturated carbocycles. The summed E-state index contributed by atoms with van der Waals surface area (Å²) in [6.45, 7) is 12.5. The van der Waals surface area contributed by atoms with Gasteiger partial charge in [-0.05, 0) is 57.9 Å². The Morgan fingerprint density at radius 1 is 0.647 bits per heavy atom. The summed E-state index contributed by atoms with van der Waals surface area (Å²) in [5.41, 5.74) is 3.08. The van der Waals surface area contributed by atoms with E-state index in [0.29, 0.717) is 5.75 Å². The van der Waals surface area contributed by atoms with Crippen LogP contribution in [-0.4, -0.2) is 14.7 Å². The summed E-state index contributed by atoms with van der Waals surface area (Å²) in [6, 6.07) is 18.1. The fourth-order valence-electron chi connectivity index (χ4n) is 3.54. The highest BCUT2D eigenvalue weighted by atomic mass is 31.2. The van der Waals surface area contributed by atoms with E-state index in [1.54, 1.807) is 30.3 Å². The van der Waals surface area contributed by atoms with Crippen molar-refractivity contribution in [2.24, 2.45) is 0 Å². The summed E-state index contributed by atoms with van der Waals surface area (Å²) in [6.07, 6.45) is 0. The minimum absolute atomic E-state index is 0.0618. The zero-order chi connectivity index (χ0) is 25.5. The van der Waals surface area contributed by atoms with E-state index in [2.05, 4.69) is 20.8 Å². The lowest BCUT2D eigenvalue weighted by Gasteiger charge is -2.28. The van der Waals surface area contributed by atoms with Crippen LogP contribution in [0.15, 0.2) is 66.7 Å². The van der Waals surface area contributed by atoms with Crippen LogP contribution in [0.4, 0.5) is 0 Å². The van der Waals surface area contributed by atoms with Crippen molar-refractivity contribution in [3.8, 4) is 16.9 Å². The van der Waals surface area contributed by atoms with Gasteiger partial charge >= 0.3 is 15.2 Å². The Bertz CT molecular complexity index is 1260. The zero-order valence-corrected chi connectivity index (χ0v) is 22.1. The quantitative estimate of drug-likeness (QED) is 0.390. The molecule has 0 aliphatic heterocycles. The predicted molar refractivity (Wildman–Crippen MR) is 137 cm³/mol. The van der Waals surface area contributed by atoms with E-state index < -0.39 is 15.2 Å². The fourth-order valence-corrected chi connectivity index (χ4v) is 5.13. The molecule has 0 aliphatic rings. The van der Waals surface area contributed by atoms with Gasteiger partial charge in [0.25, 0.3) is 0 Å². The van der Waals surface area contributed by atoms with E-state index in [-0.39, 0.29) is 21.4 Å². The van der Waals surface area contributed by atoms with Gasteiger partial charge in [0.05, 0.1) is 10.6 Å². The number of rotatable bonds is 5. The molecule has 0 amide bonds. The highest BCUT2D eigenvalue weighted by Gasteiger charge is 2.29. The number of hydrogen-bond donors (Lipinski definition) is 3. The van der Waals surface area contributed by atoms with Gasteiger partial charge in [0.1, 0.15) is 5.75 Å². The summed E-state index contributed by atoms with van der Waals surface area (Å²) in [4.78, 5) is 29.3. The summed E-state index contributed by atoms with van der Waals surface area (Å²) in [7, 11) is -8.47. The Balaban J connectivity index is 1.90. The maximum atomic E-state index is 13.2. The number of hydrogen-bond acceptors (Lipinski definition) is 3. The molecule has 34 heavy (non-hydrogen) atoms. The van der Waals surface area contributed by atoms with Gasteiger partial charge in [-0.25, -0.2) is 4.57 Å². The first kappa shape index (κ1) is 26.4. The molecule has 3 aromatic rings. The molecule has 6 nitrogen and oxygen atoms in total. The van der Waals surface area contributed by atoms with Gasteiger partial charge in [-0.2, -0.15) is 0 Å². The van der Waals surface area contributed by atoms with Crippen LogP contribution in [0.5, 0.6) is 5.75 Å². The normalized spacial score (nSPS) is 14.5. The molecule has 3 N–H and O–H groups in total. The third-order valence-electron chi connectivity index (χ3n) is 5.61. The standard InChI is InChI=1S/C26H32O6P2/c1-25(2,3)20-11-16-24(23(17-20)26(4,5)6)32-34(30,31)22-14-9-19(10-15-22)18-7-12-21(13-8-18)33(27,28)29/h7-17H,1-6H3,(H,30,31)(H2,27,28,29). The smallest absolute Gasteiger partial charge is 0.408 e. The van der Waals surface area contributed by atoms with Crippen LogP contribution in [0.3, 0.4) is 0 Å². The summed E-state index contributed by atoms with van der Waals surface area (Å²) < 4.78 is 30.3. The van der Waals surface area contributed by atoms with Gasteiger partial charge < -0.3 is 19.2 Å². The molecule has 0 fully saturated rings. The molecule has 0 spiro atoms. The van der Waals surface area contributed by atoms with Crippen LogP contribution in [0, 0.1) is 0 Å². The monoisotopic (exact) mass is 502 g/mol. The third kappa shape index (κ3) is 6.07. The molecule has 0 aliphatic carbocycles. The fraction of sp³-hybridized carbons (Fsp3) is 0.308. The van der Waals surface area contributed by atoms with E-state index in [1.165, 1.54) is 24.3 Å². The lowest BCUT2D eigenvalue weighted by molar-refractivity contribution is 0.385. The van der Waals surface area contributed by atoms with Crippen molar-refractivity contribution < 1.29 is 28.3 Å². The molecule has 1 unspecified atom stereocenters. The van der Waals surface area contributed by atoms with Crippen molar-refractivity contribution in [3.63, 3.8) is 0 Å². The Morgan fingerprint density at radius 2 is 1.12 bits per heavy atom. The van der Waals surface area contributed by atoms with Crippen LogP contribution in [-0.2, 0) is 20.0 Å². The van der Waals surface area contributed by atoms with Crippen molar-refractivity contribution in [2.75, 3.05) is 0 Å². The van der Waals surface area contributed by atoms with Crippen LogP contribution in [0.25, 0.3) is 11.1 Å². The molecule has 3 rings (SSSR count). The van der Waals surface area contributed by atoms with Crippen LogP contribution in [0.1, 0.15) is 52.7 Å². The van der Waals surface area contributed by atoms with E-state index in [9.17, 15) is 23.8 Å². The van der Waals surface area contributed by atoms with E-state index in [1.807, 2.05) is 32.9 Å². The molecule has 0 bridgehead atoms. The largest absolute Gasteiger partial charge is 0.421 e. The molecule has 0 heterocycles. The summed E-state index contributed by atoms with van der Waals surface area (Å²) in [5, 5.41) is 0.0936. The van der Waals surface area contributed by atoms with Gasteiger partial charge in [0.2, 0.25) is 0 Å². The highest BCUT2D eigenvalue weighted by Crippen LogP contribution is 2.46. The molecule has 0 aromatic heterocycles. The van der Waals surface area contributed by atoms with Crippen LogP contribution < -0.4 is 15.1 Å².